The summed E-state index contributed by atoms with van der Waals surface area (Å²) in [6.45, 7) is 2.33. The van der Waals surface area contributed by atoms with Gasteiger partial charge in [0, 0.05) is 20.5 Å². The fourth-order valence-corrected chi connectivity index (χ4v) is 1.85. The molecule has 0 spiro atoms. The van der Waals surface area contributed by atoms with E-state index < -0.39 is 0 Å². The number of hydrogen-bond donors (Lipinski definition) is 0. The predicted molar refractivity (Wildman–Crippen MR) is 65.9 cm³/mol. The van der Waals surface area contributed by atoms with E-state index in [1.807, 2.05) is 25.1 Å². The lowest BCUT2D eigenvalue weighted by Crippen LogP contribution is -2.27. The Morgan fingerprint density at radius 2 is 2.29 bits per heavy atom. The Bertz CT molecular complexity index is 550. The van der Waals surface area contributed by atoms with Gasteiger partial charge in [-0.1, -0.05) is 6.07 Å². The summed E-state index contributed by atoms with van der Waals surface area (Å²) < 4.78 is 5.38. The molecule has 0 fully saturated rings. The van der Waals surface area contributed by atoms with E-state index in [9.17, 15) is 4.79 Å². The van der Waals surface area contributed by atoms with E-state index in [1.165, 1.54) is 0 Å². The molecule has 2 aromatic rings. The van der Waals surface area contributed by atoms with Gasteiger partial charge in [0.05, 0.1) is 0 Å². The van der Waals surface area contributed by atoms with Crippen LogP contribution in [0.1, 0.15) is 11.5 Å². The minimum Gasteiger partial charge on any atom is -0.441 e. The molecule has 2 rings (SSSR count). The maximum absolute atomic E-state index is 11.3. The first-order chi connectivity index (χ1) is 8.10. The van der Waals surface area contributed by atoms with Gasteiger partial charge in [-0.3, -0.25) is 4.79 Å². The van der Waals surface area contributed by atoms with Crippen molar-refractivity contribution in [2.24, 2.45) is 0 Å². The second-order valence-corrected chi connectivity index (χ2v) is 4.19. The van der Waals surface area contributed by atoms with Crippen molar-refractivity contribution < 1.29 is 9.21 Å². The Morgan fingerprint density at radius 1 is 1.53 bits per heavy atom. The summed E-state index contributed by atoms with van der Waals surface area (Å²) in [7, 11) is 1.73. The first-order valence-corrected chi connectivity index (χ1v) is 5.79. The van der Waals surface area contributed by atoms with Gasteiger partial charge in [-0.15, -0.1) is 11.6 Å². The third-order valence-corrected chi connectivity index (χ3v) is 2.75. The molecule has 0 radical (unpaired) electrons. The number of fused-ring (bicyclic) bond motifs is 1. The second kappa shape index (κ2) is 4.75. The smallest absolute Gasteiger partial charge is 0.237 e. The zero-order valence-corrected chi connectivity index (χ0v) is 10.5. The minimum atomic E-state index is -0.0944. The quantitative estimate of drug-likeness (QED) is 0.788. The van der Waals surface area contributed by atoms with Crippen molar-refractivity contribution in [1.29, 1.82) is 0 Å². The maximum atomic E-state index is 11.3. The van der Waals surface area contributed by atoms with Gasteiger partial charge in [-0.05, 0) is 17.7 Å². The summed E-state index contributed by atoms with van der Waals surface area (Å²) in [5.74, 6) is 0.548. The number of carbonyl (C=O) groups excluding carboxylic acids is 1. The number of halogens is 1. The number of oxazole rings is 1. The lowest BCUT2D eigenvalue weighted by atomic mass is 10.2. The molecule has 4 nitrogen and oxygen atoms in total. The molecular weight excluding hydrogens is 240 g/mol. The molecule has 0 aliphatic rings. The van der Waals surface area contributed by atoms with Gasteiger partial charge in [0.1, 0.15) is 11.4 Å². The predicted octanol–water partition coefficient (Wildman–Crippen LogP) is 2.33. The van der Waals surface area contributed by atoms with Gasteiger partial charge in [-0.25, -0.2) is 4.98 Å². The molecule has 1 heterocycles. The molecule has 0 bridgehead atoms. The molecule has 1 aromatic heterocycles. The van der Waals surface area contributed by atoms with Crippen LogP contribution in [0.3, 0.4) is 0 Å². The highest BCUT2D eigenvalue weighted by molar-refractivity contribution is 6.27. The molecule has 0 saturated carbocycles. The molecule has 1 aromatic carbocycles. The number of aromatic nitrogens is 1. The van der Waals surface area contributed by atoms with Crippen LogP contribution >= 0.6 is 11.6 Å². The van der Waals surface area contributed by atoms with Crippen molar-refractivity contribution in [3.05, 3.63) is 29.7 Å². The summed E-state index contributed by atoms with van der Waals surface area (Å²) in [4.78, 5) is 17.2. The Morgan fingerprint density at radius 3 is 3.00 bits per heavy atom. The number of aryl methyl sites for hydroxylation is 1. The van der Waals surface area contributed by atoms with Crippen LogP contribution in [0.5, 0.6) is 0 Å². The average Bonchev–Trinajstić information content (AvgIpc) is 2.67. The monoisotopic (exact) mass is 252 g/mol. The number of hydrogen-bond acceptors (Lipinski definition) is 3. The molecule has 0 saturated heterocycles. The van der Waals surface area contributed by atoms with Crippen LogP contribution in [0.4, 0.5) is 0 Å². The van der Waals surface area contributed by atoms with Gasteiger partial charge in [0.2, 0.25) is 5.91 Å². The van der Waals surface area contributed by atoms with Crippen LogP contribution in [0, 0.1) is 6.92 Å². The van der Waals surface area contributed by atoms with Crippen LogP contribution in [0.25, 0.3) is 11.1 Å². The van der Waals surface area contributed by atoms with Gasteiger partial charge in [0.25, 0.3) is 0 Å². The van der Waals surface area contributed by atoms with Crippen molar-refractivity contribution in [3.8, 4) is 0 Å². The molecule has 5 heteroatoms. The van der Waals surface area contributed by atoms with Crippen molar-refractivity contribution in [1.82, 2.24) is 9.88 Å². The van der Waals surface area contributed by atoms with Crippen LogP contribution in [0.2, 0.25) is 0 Å². The third-order valence-electron chi connectivity index (χ3n) is 2.52. The first-order valence-electron chi connectivity index (χ1n) is 5.26. The normalized spacial score (nSPS) is 10.8. The third kappa shape index (κ3) is 2.58. The van der Waals surface area contributed by atoms with Gasteiger partial charge < -0.3 is 9.32 Å². The minimum absolute atomic E-state index is 0.00180. The van der Waals surface area contributed by atoms with Crippen LogP contribution in [0.15, 0.2) is 22.6 Å². The molecule has 0 aliphatic carbocycles. The average molecular weight is 253 g/mol. The molecule has 0 unspecified atom stereocenters. The van der Waals surface area contributed by atoms with E-state index in [-0.39, 0.29) is 11.8 Å². The highest BCUT2D eigenvalue weighted by Crippen LogP contribution is 2.17. The van der Waals surface area contributed by atoms with E-state index in [1.54, 1.807) is 11.9 Å². The zero-order valence-electron chi connectivity index (χ0n) is 9.74. The van der Waals surface area contributed by atoms with E-state index >= 15 is 0 Å². The zero-order chi connectivity index (χ0) is 12.4. The second-order valence-electron chi connectivity index (χ2n) is 3.92. The topological polar surface area (TPSA) is 46.3 Å². The first kappa shape index (κ1) is 11.9. The highest BCUT2D eigenvalue weighted by Gasteiger charge is 2.09. The summed E-state index contributed by atoms with van der Waals surface area (Å²) >= 11 is 5.49. The molecule has 1 amide bonds. The Hall–Kier alpha value is -1.55. The number of benzene rings is 1. The van der Waals surface area contributed by atoms with Gasteiger partial charge in [-0.2, -0.15) is 0 Å². The molecule has 90 valence electrons. The number of rotatable bonds is 3. The van der Waals surface area contributed by atoms with E-state index in [4.69, 9.17) is 16.0 Å². The summed E-state index contributed by atoms with van der Waals surface area (Å²) in [5.41, 5.74) is 2.58. The maximum Gasteiger partial charge on any atom is 0.237 e. The highest BCUT2D eigenvalue weighted by atomic mass is 35.5. The van der Waals surface area contributed by atoms with Crippen LogP contribution < -0.4 is 0 Å². The van der Waals surface area contributed by atoms with Crippen molar-refractivity contribution >= 4 is 28.6 Å². The summed E-state index contributed by atoms with van der Waals surface area (Å²) in [6.07, 6.45) is 0. The number of alkyl halides is 1. The molecule has 17 heavy (non-hydrogen) atoms. The lowest BCUT2D eigenvalue weighted by Gasteiger charge is -2.15. The fourth-order valence-electron chi connectivity index (χ4n) is 1.65. The molecule has 0 aliphatic heterocycles. The molecular formula is C12H13ClN2O2. The number of amides is 1. The Kier molecular flexibility index (Phi) is 3.33. The van der Waals surface area contributed by atoms with Crippen LogP contribution in [-0.2, 0) is 11.3 Å². The van der Waals surface area contributed by atoms with Gasteiger partial charge >= 0.3 is 0 Å². The summed E-state index contributed by atoms with van der Waals surface area (Å²) in [5, 5.41) is 0. The van der Waals surface area contributed by atoms with E-state index in [0.29, 0.717) is 12.4 Å². The number of nitrogens with zero attached hydrogens (tertiary/aromatic N) is 2. The summed E-state index contributed by atoms with van der Waals surface area (Å²) in [6, 6.07) is 5.71. The standard InChI is InChI=1S/C12H13ClN2O2/c1-8-14-10-5-9(3-4-11(10)17-8)7-15(2)12(16)6-13/h3-5H,6-7H2,1-2H3. The Balaban J connectivity index is 2.21. The van der Waals surface area contributed by atoms with Crippen molar-refractivity contribution in [2.45, 2.75) is 13.5 Å². The SMILES string of the molecule is Cc1nc2cc(CN(C)C(=O)CCl)ccc2o1. The van der Waals surface area contributed by atoms with E-state index in [2.05, 4.69) is 4.98 Å². The lowest BCUT2D eigenvalue weighted by molar-refractivity contribution is -0.127. The fraction of sp³-hybridized carbons (Fsp3) is 0.333. The van der Waals surface area contributed by atoms with Crippen molar-refractivity contribution in [3.63, 3.8) is 0 Å². The number of carbonyl (C=O) groups is 1. The Labute approximate surface area is 104 Å². The molecule has 0 N–H and O–H groups in total. The van der Waals surface area contributed by atoms with Crippen molar-refractivity contribution in [2.75, 3.05) is 12.9 Å². The van der Waals surface area contributed by atoms with Crippen LogP contribution in [-0.4, -0.2) is 28.7 Å². The molecule has 0 atom stereocenters. The van der Waals surface area contributed by atoms with E-state index in [0.717, 1.165) is 16.7 Å². The largest absolute Gasteiger partial charge is 0.441 e. The van der Waals surface area contributed by atoms with Gasteiger partial charge in [0.15, 0.2) is 11.5 Å².